The molecule has 0 bridgehead atoms. The maximum atomic E-state index is 12.0. The summed E-state index contributed by atoms with van der Waals surface area (Å²) >= 11 is 0. The molecule has 0 saturated heterocycles. The van der Waals surface area contributed by atoms with Crippen molar-refractivity contribution in [2.45, 2.75) is 83.7 Å². The normalized spacial score (nSPS) is 12.3. The van der Waals surface area contributed by atoms with E-state index in [9.17, 15) is 26.4 Å². The fourth-order valence-electron chi connectivity index (χ4n) is 2.21. The average Bonchev–Trinajstić information content (AvgIpc) is 2.43. The molecule has 4 nitrogen and oxygen atoms in total. The van der Waals surface area contributed by atoms with Crippen LogP contribution in [0.15, 0.2) is 0 Å². The first-order valence-electron chi connectivity index (χ1n) is 8.30. The van der Waals surface area contributed by atoms with Gasteiger partial charge in [-0.3, -0.25) is 4.79 Å². The maximum Gasteiger partial charge on any atom is 0.472 e. The zero-order valence-corrected chi connectivity index (χ0v) is 14.6. The highest BCUT2D eigenvalue weighted by Crippen LogP contribution is 2.15. The smallest absolute Gasteiger partial charge is 0.263 e. The Morgan fingerprint density at radius 3 is 1.61 bits per heavy atom. The first-order chi connectivity index (χ1) is 10.7. The van der Waals surface area contributed by atoms with E-state index in [0.717, 1.165) is 24.0 Å². The molecule has 0 aliphatic carbocycles. The molecule has 0 aromatic carbocycles. The van der Waals surface area contributed by atoms with Gasteiger partial charge in [0.15, 0.2) is 0 Å². The molecule has 0 fully saturated rings. The van der Waals surface area contributed by atoms with Crippen LogP contribution in [-0.4, -0.2) is 26.3 Å². The molecule has 0 unspecified atom stereocenters. The monoisotopic (exact) mass is 359 g/mol. The lowest BCUT2D eigenvalue weighted by molar-refractivity contribution is -0.171. The number of carbonyl (C=O) groups excluding carboxylic acids is 1. The molecule has 1 amide bonds. The third kappa shape index (κ3) is 13.4. The lowest BCUT2D eigenvalue weighted by Gasteiger charge is -2.08. The van der Waals surface area contributed by atoms with E-state index in [-0.39, 0.29) is 6.42 Å². The number of sulfonamides is 1. The van der Waals surface area contributed by atoms with E-state index >= 15 is 0 Å². The maximum absolute atomic E-state index is 12.0. The van der Waals surface area contributed by atoms with E-state index in [2.05, 4.69) is 6.92 Å². The van der Waals surface area contributed by atoms with Crippen LogP contribution < -0.4 is 4.72 Å². The topological polar surface area (TPSA) is 63.2 Å². The van der Waals surface area contributed by atoms with Crippen molar-refractivity contribution in [3.63, 3.8) is 0 Å². The third-order valence-corrected chi connectivity index (χ3v) is 4.84. The molecule has 23 heavy (non-hydrogen) atoms. The number of unbranched alkanes of at least 4 members (excludes halogenated alkanes) is 10. The minimum absolute atomic E-state index is 0.261. The summed E-state index contributed by atoms with van der Waals surface area (Å²) in [5.41, 5.74) is 0. The zero-order valence-electron chi connectivity index (χ0n) is 13.8. The molecular weight excluding hydrogens is 331 g/mol. The molecule has 8 heteroatoms. The van der Waals surface area contributed by atoms with Crippen molar-refractivity contribution >= 4 is 15.9 Å². The standard InChI is InChI=1S/C15H28F3NO3S/c1-2-3-4-5-6-7-8-9-10-11-12-13-23(21,22)19-14(20)15(16,17)18/h2-13H2,1H3,(H,19,20). The van der Waals surface area contributed by atoms with Crippen LogP contribution in [0.5, 0.6) is 0 Å². The van der Waals surface area contributed by atoms with Gasteiger partial charge in [0.2, 0.25) is 10.0 Å². The molecule has 0 aromatic heterocycles. The van der Waals surface area contributed by atoms with Crippen LogP contribution in [0.25, 0.3) is 0 Å². The van der Waals surface area contributed by atoms with Gasteiger partial charge in [-0.05, 0) is 6.42 Å². The summed E-state index contributed by atoms with van der Waals surface area (Å²) in [5, 5.41) is 0. The molecule has 0 heterocycles. The number of amides is 1. The first kappa shape index (κ1) is 22.2. The van der Waals surface area contributed by atoms with Gasteiger partial charge in [0.1, 0.15) is 0 Å². The highest BCUT2D eigenvalue weighted by Gasteiger charge is 2.40. The summed E-state index contributed by atoms with van der Waals surface area (Å²) < 4.78 is 59.6. The Kier molecular flexibility index (Phi) is 11.3. The minimum Gasteiger partial charge on any atom is -0.263 e. The van der Waals surface area contributed by atoms with E-state index < -0.39 is 27.9 Å². The fraction of sp³-hybridized carbons (Fsp3) is 0.933. The number of halogens is 3. The van der Waals surface area contributed by atoms with Gasteiger partial charge in [-0.25, -0.2) is 13.1 Å². The minimum atomic E-state index is -5.18. The van der Waals surface area contributed by atoms with Gasteiger partial charge < -0.3 is 0 Å². The molecular formula is C15H28F3NO3S. The van der Waals surface area contributed by atoms with Crippen molar-refractivity contribution in [2.75, 3.05) is 5.75 Å². The Bertz CT molecular complexity index is 422. The number of rotatable bonds is 13. The lowest BCUT2D eigenvalue weighted by atomic mass is 10.1. The fourth-order valence-corrected chi connectivity index (χ4v) is 3.29. The van der Waals surface area contributed by atoms with E-state index in [4.69, 9.17) is 0 Å². The van der Waals surface area contributed by atoms with Crippen molar-refractivity contribution in [3.05, 3.63) is 0 Å². The van der Waals surface area contributed by atoms with Crippen molar-refractivity contribution in [1.82, 2.24) is 4.72 Å². The summed E-state index contributed by atoms with van der Waals surface area (Å²) in [5.74, 6) is -2.88. The Morgan fingerprint density at radius 2 is 1.22 bits per heavy atom. The van der Waals surface area contributed by atoms with Crippen LogP contribution in [0.3, 0.4) is 0 Å². The zero-order chi connectivity index (χ0) is 17.8. The van der Waals surface area contributed by atoms with Crippen molar-refractivity contribution < 1.29 is 26.4 Å². The van der Waals surface area contributed by atoms with Crippen LogP contribution in [0.2, 0.25) is 0 Å². The van der Waals surface area contributed by atoms with Gasteiger partial charge >= 0.3 is 12.1 Å². The van der Waals surface area contributed by atoms with E-state index in [1.807, 2.05) is 0 Å². The SMILES string of the molecule is CCCCCCCCCCCCCS(=O)(=O)NC(=O)C(F)(F)F. The Labute approximate surface area is 137 Å². The molecule has 0 rings (SSSR count). The van der Waals surface area contributed by atoms with E-state index in [1.165, 1.54) is 38.5 Å². The second kappa shape index (κ2) is 11.7. The summed E-state index contributed by atoms with van der Waals surface area (Å²) in [6.07, 6.45) is 6.11. The molecule has 138 valence electrons. The van der Waals surface area contributed by atoms with Crippen LogP contribution in [0.4, 0.5) is 13.2 Å². The molecule has 0 aromatic rings. The average molecular weight is 359 g/mol. The number of alkyl halides is 3. The highest BCUT2D eigenvalue weighted by atomic mass is 32.2. The Balaban J connectivity index is 3.59. The van der Waals surface area contributed by atoms with Crippen LogP contribution in [-0.2, 0) is 14.8 Å². The van der Waals surface area contributed by atoms with Gasteiger partial charge in [0.05, 0.1) is 5.75 Å². The van der Waals surface area contributed by atoms with Crippen LogP contribution in [0.1, 0.15) is 77.6 Å². The van der Waals surface area contributed by atoms with Crippen molar-refractivity contribution in [3.8, 4) is 0 Å². The highest BCUT2D eigenvalue weighted by molar-refractivity contribution is 7.90. The van der Waals surface area contributed by atoms with Gasteiger partial charge in [-0.15, -0.1) is 0 Å². The third-order valence-electron chi connectivity index (χ3n) is 3.52. The van der Waals surface area contributed by atoms with E-state index in [0.29, 0.717) is 6.42 Å². The van der Waals surface area contributed by atoms with Gasteiger partial charge in [-0.1, -0.05) is 71.1 Å². The second-order valence-electron chi connectivity index (χ2n) is 5.78. The second-order valence-corrected chi connectivity index (χ2v) is 7.63. The molecule has 0 spiro atoms. The molecule has 0 radical (unpaired) electrons. The number of hydrogen-bond donors (Lipinski definition) is 1. The number of nitrogens with one attached hydrogen (secondary N) is 1. The lowest BCUT2D eigenvalue weighted by Crippen LogP contribution is -2.41. The summed E-state index contributed by atoms with van der Waals surface area (Å²) in [4.78, 5) is 10.6. The van der Waals surface area contributed by atoms with Crippen LogP contribution >= 0.6 is 0 Å². The molecule has 0 atom stereocenters. The van der Waals surface area contributed by atoms with Gasteiger partial charge in [-0.2, -0.15) is 13.2 Å². The number of carbonyl (C=O) groups is 1. The Morgan fingerprint density at radius 1 is 0.826 bits per heavy atom. The quantitative estimate of drug-likeness (QED) is 0.499. The van der Waals surface area contributed by atoms with Crippen LogP contribution in [0, 0.1) is 0 Å². The predicted molar refractivity (Wildman–Crippen MR) is 84.4 cm³/mol. The van der Waals surface area contributed by atoms with Gasteiger partial charge in [0.25, 0.3) is 0 Å². The largest absolute Gasteiger partial charge is 0.472 e. The predicted octanol–water partition coefficient (Wildman–Crippen LogP) is 4.31. The molecule has 0 aliphatic rings. The van der Waals surface area contributed by atoms with E-state index in [1.54, 1.807) is 0 Å². The van der Waals surface area contributed by atoms with Crippen molar-refractivity contribution in [2.24, 2.45) is 0 Å². The first-order valence-corrected chi connectivity index (χ1v) is 9.96. The van der Waals surface area contributed by atoms with Gasteiger partial charge in [0, 0.05) is 0 Å². The molecule has 1 N–H and O–H groups in total. The molecule has 0 aliphatic heterocycles. The molecule has 0 saturated carbocycles. The summed E-state index contributed by atoms with van der Waals surface area (Å²) in [7, 11) is -4.19. The Hall–Kier alpha value is -0.790. The summed E-state index contributed by atoms with van der Waals surface area (Å²) in [6, 6.07) is 0. The summed E-state index contributed by atoms with van der Waals surface area (Å²) in [6.45, 7) is 2.18. The number of hydrogen-bond acceptors (Lipinski definition) is 3. The van der Waals surface area contributed by atoms with Crippen molar-refractivity contribution in [1.29, 1.82) is 0 Å².